The van der Waals surface area contributed by atoms with Crippen molar-refractivity contribution in [2.24, 2.45) is 5.16 Å². The van der Waals surface area contributed by atoms with Crippen molar-refractivity contribution in [1.29, 1.82) is 0 Å². The maximum atomic E-state index is 5.87. The summed E-state index contributed by atoms with van der Waals surface area (Å²) in [5, 5.41) is 6.01. The third kappa shape index (κ3) is 5.17. The van der Waals surface area contributed by atoms with Crippen LogP contribution in [-0.4, -0.2) is 40.8 Å². The van der Waals surface area contributed by atoms with Crippen molar-refractivity contribution in [3.8, 4) is 23.0 Å². The lowest BCUT2D eigenvalue weighted by atomic mass is 9.97. The van der Waals surface area contributed by atoms with Crippen LogP contribution in [0.25, 0.3) is 10.8 Å². The highest BCUT2D eigenvalue weighted by Crippen LogP contribution is 2.46. The van der Waals surface area contributed by atoms with Crippen LogP contribution in [0.15, 0.2) is 35.0 Å². The Kier molecular flexibility index (Phi) is 8.84. The fraction of sp³-hybridized carbons (Fsp3) is 0.458. The van der Waals surface area contributed by atoms with E-state index in [1.807, 2.05) is 18.2 Å². The lowest BCUT2D eigenvalue weighted by molar-refractivity contribution is 0.141. The number of methoxy groups -OCH3 is 4. The second-order valence-electron chi connectivity index (χ2n) is 7.09. The lowest BCUT2D eigenvalue weighted by Gasteiger charge is -2.19. The van der Waals surface area contributed by atoms with Gasteiger partial charge in [0.2, 0.25) is 0 Å². The minimum Gasteiger partial charge on any atom is -0.496 e. The van der Waals surface area contributed by atoms with Gasteiger partial charge in [-0.05, 0) is 38.5 Å². The van der Waals surface area contributed by atoms with Crippen molar-refractivity contribution >= 4 is 16.5 Å². The van der Waals surface area contributed by atoms with Crippen molar-refractivity contribution in [3.63, 3.8) is 0 Å². The van der Waals surface area contributed by atoms with Gasteiger partial charge in [-0.1, -0.05) is 30.1 Å². The van der Waals surface area contributed by atoms with Gasteiger partial charge in [0.25, 0.3) is 0 Å². The summed E-state index contributed by atoms with van der Waals surface area (Å²) < 4.78 is 22.8. The van der Waals surface area contributed by atoms with Gasteiger partial charge < -0.3 is 23.8 Å². The average Bonchev–Trinajstić information content (AvgIpc) is 2.76. The van der Waals surface area contributed by atoms with Gasteiger partial charge >= 0.3 is 0 Å². The van der Waals surface area contributed by atoms with E-state index < -0.39 is 0 Å². The Morgan fingerprint density at radius 2 is 1.53 bits per heavy atom. The summed E-state index contributed by atoms with van der Waals surface area (Å²) in [4.78, 5) is 5.62. The number of benzene rings is 2. The Labute approximate surface area is 179 Å². The standard InChI is InChI=1S/C24H33NO5/c1-8-9-14-30-25-18(11-10-16(2)3)17-15-21(28-6)22-19(26-4)12-13-20(27-5)23(22)24(17)29-7/h10,12-13,15H,8-9,11,14H2,1-7H3. The quantitative estimate of drug-likeness (QED) is 0.202. The molecule has 2 aromatic rings. The van der Waals surface area contributed by atoms with E-state index in [4.69, 9.17) is 23.8 Å². The molecule has 0 spiro atoms. The molecule has 0 aromatic heterocycles. The van der Waals surface area contributed by atoms with E-state index in [1.165, 1.54) is 5.57 Å². The van der Waals surface area contributed by atoms with Crippen molar-refractivity contribution in [2.75, 3.05) is 35.0 Å². The van der Waals surface area contributed by atoms with E-state index in [0.717, 1.165) is 34.9 Å². The van der Waals surface area contributed by atoms with Crippen LogP contribution in [-0.2, 0) is 4.84 Å². The van der Waals surface area contributed by atoms with Crippen LogP contribution in [0.3, 0.4) is 0 Å². The predicted octanol–water partition coefficient (Wildman–Crippen LogP) is 5.75. The molecule has 0 saturated carbocycles. The summed E-state index contributed by atoms with van der Waals surface area (Å²) in [6.07, 6.45) is 4.71. The van der Waals surface area contributed by atoms with Gasteiger partial charge in [0, 0.05) is 12.0 Å². The topological polar surface area (TPSA) is 58.5 Å². The van der Waals surface area contributed by atoms with Crippen LogP contribution >= 0.6 is 0 Å². The van der Waals surface area contributed by atoms with Crippen LogP contribution in [0.1, 0.15) is 45.6 Å². The Hall–Kier alpha value is -2.89. The first-order valence-electron chi connectivity index (χ1n) is 10.1. The minimum atomic E-state index is 0.568. The second-order valence-corrected chi connectivity index (χ2v) is 7.09. The molecule has 0 fully saturated rings. The normalized spacial score (nSPS) is 11.2. The van der Waals surface area contributed by atoms with Crippen LogP contribution in [0, 0.1) is 0 Å². The van der Waals surface area contributed by atoms with Gasteiger partial charge in [-0.2, -0.15) is 0 Å². The number of hydrogen-bond donors (Lipinski definition) is 0. The van der Waals surface area contributed by atoms with Crippen LogP contribution in [0.2, 0.25) is 0 Å². The minimum absolute atomic E-state index is 0.568. The van der Waals surface area contributed by atoms with Gasteiger partial charge in [0.1, 0.15) is 29.6 Å². The zero-order valence-corrected chi connectivity index (χ0v) is 19.1. The number of oxime groups is 1. The molecule has 6 heteroatoms. The highest BCUT2D eigenvalue weighted by Gasteiger charge is 2.23. The molecule has 0 heterocycles. The van der Waals surface area contributed by atoms with Gasteiger partial charge in [0.15, 0.2) is 0 Å². The van der Waals surface area contributed by atoms with E-state index in [9.17, 15) is 0 Å². The highest BCUT2D eigenvalue weighted by molar-refractivity contribution is 6.12. The molecular formula is C24H33NO5. The summed E-state index contributed by atoms with van der Waals surface area (Å²) in [7, 11) is 6.53. The van der Waals surface area contributed by atoms with Crippen LogP contribution in [0.5, 0.6) is 23.0 Å². The molecule has 0 aliphatic carbocycles. The first-order chi connectivity index (χ1) is 14.5. The third-order valence-corrected chi connectivity index (χ3v) is 4.76. The number of rotatable bonds is 11. The first-order valence-corrected chi connectivity index (χ1v) is 10.1. The van der Waals surface area contributed by atoms with E-state index in [1.54, 1.807) is 28.4 Å². The van der Waals surface area contributed by atoms with E-state index in [0.29, 0.717) is 36.0 Å². The van der Waals surface area contributed by atoms with Crippen molar-refractivity contribution < 1.29 is 23.8 Å². The maximum absolute atomic E-state index is 5.87. The molecule has 0 radical (unpaired) electrons. The molecule has 6 nitrogen and oxygen atoms in total. The molecule has 2 rings (SSSR count). The summed E-state index contributed by atoms with van der Waals surface area (Å²) in [5.74, 6) is 2.63. The summed E-state index contributed by atoms with van der Waals surface area (Å²) in [6, 6.07) is 5.64. The van der Waals surface area contributed by atoms with Crippen molar-refractivity contribution in [1.82, 2.24) is 0 Å². The number of ether oxygens (including phenoxy) is 4. The van der Waals surface area contributed by atoms with Crippen molar-refractivity contribution in [2.45, 2.75) is 40.0 Å². The third-order valence-electron chi connectivity index (χ3n) is 4.76. The molecule has 2 aromatic carbocycles. The summed E-state index contributed by atoms with van der Waals surface area (Å²) in [5.41, 5.74) is 2.75. The Morgan fingerprint density at radius 1 is 0.900 bits per heavy atom. The fourth-order valence-electron chi connectivity index (χ4n) is 3.20. The Bertz CT molecular complexity index is 914. The van der Waals surface area contributed by atoms with Gasteiger partial charge in [-0.3, -0.25) is 0 Å². The average molecular weight is 416 g/mol. The fourth-order valence-corrected chi connectivity index (χ4v) is 3.20. The van der Waals surface area contributed by atoms with E-state index in [2.05, 4.69) is 32.0 Å². The van der Waals surface area contributed by atoms with Gasteiger partial charge in [-0.25, -0.2) is 0 Å². The smallest absolute Gasteiger partial charge is 0.140 e. The zero-order chi connectivity index (χ0) is 22.1. The molecular weight excluding hydrogens is 382 g/mol. The molecule has 0 aliphatic heterocycles. The lowest BCUT2D eigenvalue weighted by Crippen LogP contribution is -2.07. The molecule has 30 heavy (non-hydrogen) atoms. The molecule has 0 saturated heterocycles. The number of unbranched alkanes of at least 4 members (excludes halogenated alkanes) is 1. The molecule has 0 aliphatic rings. The second kappa shape index (κ2) is 11.3. The Balaban J connectivity index is 2.80. The first kappa shape index (κ1) is 23.4. The maximum Gasteiger partial charge on any atom is 0.140 e. The van der Waals surface area contributed by atoms with Crippen molar-refractivity contribution in [3.05, 3.63) is 35.4 Å². The Morgan fingerprint density at radius 3 is 2.07 bits per heavy atom. The number of hydrogen-bond acceptors (Lipinski definition) is 6. The molecule has 0 N–H and O–H groups in total. The molecule has 0 unspecified atom stereocenters. The predicted molar refractivity (Wildman–Crippen MR) is 122 cm³/mol. The molecule has 164 valence electrons. The van der Waals surface area contributed by atoms with Crippen LogP contribution in [0.4, 0.5) is 0 Å². The number of allylic oxidation sites excluding steroid dienone is 2. The summed E-state index contributed by atoms with van der Waals surface area (Å²) in [6.45, 7) is 6.80. The number of fused-ring (bicyclic) bond motifs is 1. The summed E-state index contributed by atoms with van der Waals surface area (Å²) >= 11 is 0. The van der Waals surface area contributed by atoms with Gasteiger partial charge in [0.05, 0.1) is 44.9 Å². The van der Waals surface area contributed by atoms with E-state index in [-0.39, 0.29) is 0 Å². The highest BCUT2D eigenvalue weighted by atomic mass is 16.6. The largest absolute Gasteiger partial charge is 0.496 e. The molecule has 0 amide bonds. The monoisotopic (exact) mass is 415 g/mol. The van der Waals surface area contributed by atoms with Crippen LogP contribution < -0.4 is 18.9 Å². The van der Waals surface area contributed by atoms with E-state index >= 15 is 0 Å². The number of nitrogens with zero attached hydrogens (tertiary/aromatic N) is 1. The SMILES string of the molecule is CCCCON=C(CC=C(C)C)c1cc(OC)c2c(OC)ccc(OC)c2c1OC. The van der Waals surface area contributed by atoms with Gasteiger partial charge in [-0.15, -0.1) is 0 Å². The zero-order valence-electron chi connectivity index (χ0n) is 19.1. The molecule has 0 bridgehead atoms. The molecule has 0 atom stereocenters.